The van der Waals surface area contributed by atoms with E-state index < -0.39 is 0 Å². The molecule has 4 aromatic rings. The highest BCUT2D eigenvalue weighted by Crippen LogP contribution is 2.35. The van der Waals surface area contributed by atoms with Crippen molar-refractivity contribution in [2.75, 3.05) is 41.3 Å². The Morgan fingerprint density at radius 2 is 1.10 bits per heavy atom. The van der Waals surface area contributed by atoms with Gasteiger partial charge in [-0.15, -0.1) is 0 Å². The van der Waals surface area contributed by atoms with Crippen molar-refractivity contribution in [2.24, 2.45) is 11.8 Å². The Balaban J connectivity index is 1.20. The molecule has 1 saturated carbocycles. The molecule has 1 aliphatic rings. The first kappa shape index (κ1) is 27.9. The van der Waals surface area contributed by atoms with Crippen molar-refractivity contribution in [3.05, 3.63) is 59.9 Å². The summed E-state index contributed by atoms with van der Waals surface area (Å²) in [5, 5.41) is 1.94. The maximum absolute atomic E-state index is 13.2. The zero-order chi connectivity index (χ0) is 28.2. The molecule has 2 heterocycles. The minimum Gasteiger partial charge on any atom is -0.426 e. The van der Waals surface area contributed by atoms with E-state index in [0.29, 0.717) is 37.2 Å². The number of likely N-dealkylation sites (N-methyl/N-ethyl adjacent to an activating group) is 2. The highest BCUT2D eigenvalue weighted by molar-refractivity contribution is 5.93. The van der Waals surface area contributed by atoms with Gasteiger partial charge < -0.3 is 29.2 Å². The van der Waals surface area contributed by atoms with Crippen LogP contribution in [-0.2, 0) is 22.4 Å². The van der Waals surface area contributed by atoms with Crippen LogP contribution in [-0.4, -0.2) is 73.0 Å². The molecule has 40 heavy (non-hydrogen) atoms. The second kappa shape index (κ2) is 12.3. The van der Waals surface area contributed by atoms with E-state index in [4.69, 9.17) is 9.47 Å². The van der Waals surface area contributed by atoms with Crippen LogP contribution in [0, 0.1) is 11.8 Å². The fourth-order valence-corrected chi connectivity index (χ4v) is 5.64. The maximum atomic E-state index is 13.2. The van der Waals surface area contributed by atoms with E-state index in [2.05, 4.69) is 19.8 Å². The number of nitrogens with zero attached hydrogens (tertiary/aromatic N) is 2. The second-order valence-electron chi connectivity index (χ2n) is 11.5. The highest BCUT2D eigenvalue weighted by Gasteiger charge is 2.33. The lowest BCUT2D eigenvalue weighted by molar-refractivity contribution is -0.145. The molecule has 8 nitrogen and oxygen atoms in total. The first-order chi connectivity index (χ1) is 19.3. The lowest BCUT2D eigenvalue weighted by Crippen LogP contribution is -2.30. The predicted molar refractivity (Wildman–Crippen MR) is 158 cm³/mol. The molecule has 1 fully saturated rings. The molecule has 0 saturated heterocycles. The molecule has 0 unspecified atom stereocenters. The molecule has 0 bridgehead atoms. The highest BCUT2D eigenvalue weighted by atomic mass is 16.5. The molecule has 0 amide bonds. The van der Waals surface area contributed by atoms with Crippen molar-refractivity contribution >= 4 is 33.7 Å². The summed E-state index contributed by atoms with van der Waals surface area (Å²) in [6.45, 7) is 1.82. The number of carbonyl (C=O) groups excluding carboxylic acids is 2. The number of benzene rings is 2. The number of carbonyl (C=O) groups is 2. The van der Waals surface area contributed by atoms with Crippen molar-refractivity contribution in [3.63, 3.8) is 0 Å². The number of aromatic nitrogens is 2. The fourth-order valence-electron chi connectivity index (χ4n) is 5.64. The Morgan fingerprint density at radius 1 is 0.700 bits per heavy atom. The van der Waals surface area contributed by atoms with Crippen molar-refractivity contribution in [3.8, 4) is 11.5 Å². The molecule has 2 aromatic heterocycles. The van der Waals surface area contributed by atoms with E-state index in [1.807, 2.05) is 77.0 Å². The minimum atomic E-state index is -0.228. The van der Waals surface area contributed by atoms with Gasteiger partial charge in [0.1, 0.15) is 11.5 Å². The zero-order valence-corrected chi connectivity index (χ0v) is 24.0. The van der Waals surface area contributed by atoms with Gasteiger partial charge in [0, 0.05) is 47.3 Å². The van der Waals surface area contributed by atoms with Crippen molar-refractivity contribution in [2.45, 2.75) is 38.5 Å². The van der Waals surface area contributed by atoms with Gasteiger partial charge >= 0.3 is 11.9 Å². The summed E-state index contributed by atoms with van der Waals surface area (Å²) in [5.41, 5.74) is 4.21. The average molecular weight is 545 g/mol. The van der Waals surface area contributed by atoms with Crippen LogP contribution in [0.5, 0.6) is 11.5 Å². The van der Waals surface area contributed by atoms with E-state index in [9.17, 15) is 9.59 Å². The Kier molecular flexibility index (Phi) is 8.57. The summed E-state index contributed by atoms with van der Waals surface area (Å²) in [7, 11) is 8.19. The summed E-state index contributed by atoms with van der Waals surface area (Å²) in [5.74, 6) is 0.305. The van der Waals surface area contributed by atoms with Gasteiger partial charge in [0.2, 0.25) is 0 Å². The number of ether oxygens (including phenoxy) is 2. The van der Waals surface area contributed by atoms with Gasteiger partial charge in [0.15, 0.2) is 0 Å². The van der Waals surface area contributed by atoms with E-state index in [0.717, 1.165) is 58.9 Å². The third kappa shape index (κ3) is 6.24. The SMILES string of the molecule is CN(C)CCc1c[nH]c2cccc(OC(=O)C3CCC(C(=O)Oc4cccc5[nH]cc(CCN(C)C)c45)CC3)c12. The first-order valence-electron chi connectivity index (χ1n) is 14.2. The number of esters is 2. The molecule has 8 heteroatoms. The van der Waals surface area contributed by atoms with Crippen molar-refractivity contribution in [1.29, 1.82) is 0 Å². The van der Waals surface area contributed by atoms with Gasteiger partial charge in [0.05, 0.1) is 11.8 Å². The predicted octanol–water partition coefficient (Wildman–Crippen LogP) is 5.17. The molecular formula is C32H40N4O4. The standard InChI is InChI=1S/C32H40N4O4/c1-35(2)17-15-23-19-33-25-7-5-9-27(29(23)25)39-31(37)21-11-13-22(14-12-21)32(38)40-28-10-6-8-26-30(28)24(20-34-26)16-18-36(3)4/h5-10,19-22,33-34H,11-18H2,1-4H3. The molecule has 0 radical (unpaired) electrons. The summed E-state index contributed by atoms with van der Waals surface area (Å²) in [6.07, 6.45) is 8.17. The molecule has 212 valence electrons. The van der Waals surface area contributed by atoms with Gasteiger partial charge in [-0.3, -0.25) is 9.59 Å². The molecule has 5 rings (SSSR count). The molecule has 0 atom stereocenters. The number of hydrogen-bond acceptors (Lipinski definition) is 6. The quantitative estimate of drug-likeness (QED) is 0.211. The van der Waals surface area contributed by atoms with Crippen LogP contribution in [0.1, 0.15) is 36.8 Å². The maximum Gasteiger partial charge on any atom is 0.314 e. The summed E-state index contributed by atoms with van der Waals surface area (Å²) in [6, 6.07) is 11.5. The number of H-pyrrole nitrogens is 2. The molecule has 2 N–H and O–H groups in total. The Labute approximate surface area is 235 Å². The largest absolute Gasteiger partial charge is 0.426 e. The molecular weight excluding hydrogens is 504 g/mol. The second-order valence-corrected chi connectivity index (χ2v) is 11.5. The van der Waals surface area contributed by atoms with Crippen LogP contribution in [0.25, 0.3) is 21.8 Å². The summed E-state index contributed by atoms with van der Waals surface area (Å²) >= 11 is 0. The summed E-state index contributed by atoms with van der Waals surface area (Å²) < 4.78 is 11.9. The van der Waals surface area contributed by atoms with Crippen molar-refractivity contribution < 1.29 is 19.1 Å². The molecule has 1 aliphatic carbocycles. The van der Waals surface area contributed by atoms with E-state index in [-0.39, 0.29) is 23.8 Å². The first-order valence-corrected chi connectivity index (χ1v) is 14.2. The summed E-state index contributed by atoms with van der Waals surface area (Å²) in [4.78, 5) is 37.2. The van der Waals surface area contributed by atoms with Crippen LogP contribution in [0.15, 0.2) is 48.8 Å². The Morgan fingerprint density at radius 3 is 1.48 bits per heavy atom. The van der Waals surface area contributed by atoms with Gasteiger partial charge in [-0.1, -0.05) is 12.1 Å². The minimum absolute atomic E-state index is 0.221. The Bertz CT molecular complexity index is 1360. The third-order valence-corrected chi connectivity index (χ3v) is 7.97. The lowest BCUT2D eigenvalue weighted by Gasteiger charge is -2.26. The molecule has 0 aliphatic heterocycles. The van der Waals surface area contributed by atoms with Crippen LogP contribution in [0.4, 0.5) is 0 Å². The fraction of sp³-hybridized carbons (Fsp3) is 0.438. The van der Waals surface area contributed by atoms with Gasteiger partial charge in [-0.05, 0) is 102 Å². The van der Waals surface area contributed by atoms with Crippen LogP contribution in [0.3, 0.4) is 0 Å². The zero-order valence-electron chi connectivity index (χ0n) is 24.0. The molecule has 0 spiro atoms. The van der Waals surface area contributed by atoms with Crippen LogP contribution < -0.4 is 9.47 Å². The lowest BCUT2D eigenvalue weighted by atomic mass is 9.82. The number of nitrogens with one attached hydrogen (secondary N) is 2. The number of fused-ring (bicyclic) bond motifs is 2. The molecule has 2 aromatic carbocycles. The monoisotopic (exact) mass is 544 g/mol. The smallest absolute Gasteiger partial charge is 0.314 e. The van der Waals surface area contributed by atoms with Crippen molar-refractivity contribution in [1.82, 2.24) is 19.8 Å². The van der Waals surface area contributed by atoms with Crippen LogP contribution in [0.2, 0.25) is 0 Å². The normalized spacial score (nSPS) is 17.6. The number of aromatic amines is 2. The van der Waals surface area contributed by atoms with Crippen LogP contribution >= 0.6 is 0 Å². The topological polar surface area (TPSA) is 90.7 Å². The average Bonchev–Trinajstić information content (AvgIpc) is 3.56. The number of rotatable bonds is 10. The van der Waals surface area contributed by atoms with E-state index >= 15 is 0 Å². The van der Waals surface area contributed by atoms with Gasteiger partial charge in [-0.2, -0.15) is 0 Å². The third-order valence-electron chi connectivity index (χ3n) is 7.97. The van der Waals surface area contributed by atoms with E-state index in [1.165, 1.54) is 0 Å². The van der Waals surface area contributed by atoms with Gasteiger partial charge in [-0.25, -0.2) is 0 Å². The van der Waals surface area contributed by atoms with E-state index in [1.54, 1.807) is 0 Å². The number of hydrogen-bond donors (Lipinski definition) is 2. The Hall–Kier alpha value is -3.62. The van der Waals surface area contributed by atoms with Gasteiger partial charge in [0.25, 0.3) is 0 Å².